The lowest BCUT2D eigenvalue weighted by atomic mass is 10.3. The molecule has 5 nitrogen and oxygen atoms in total. The van der Waals surface area contributed by atoms with E-state index in [1.165, 1.54) is 10.6 Å². The van der Waals surface area contributed by atoms with Crippen molar-refractivity contribution >= 4 is 22.4 Å². The van der Waals surface area contributed by atoms with Gasteiger partial charge in [-0.25, -0.2) is 14.2 Å². The van der Waals surface area contributed by atoms with Gasteiger partial charge in [-0.3, -0.25) is 0 Å². The largest absolute Gasteiger partial charge is 0.395 e. The molecule has 1 aromatic carbocycles. The number of imidazole rings is 1. The molecule has 74 valence electrons. The van der Waals surface area contributed by atoms with Gasteiger partial charge in [0, 0.05) is 6.20 Å². The highest BCUT2D eigenvalue weighted by atomic mass is 16.1. The normalized spacial score (nSPS) is 11.2. The molecule has 0 saturated heterocycles. The van der Waals surface area contributed by atoms with E-state index in [9.17, 15) is 4.79 Å². The second-order valence-electron chi connectivity index (χ2n) is 3.31. The molecule has 0 saturated carbocycles. The molecule has 2 aromatic heterocycles. The SMILES string of the molecule is Nc1c[nH]c(=O)n2c1nc1ccccc12. The Morgan fingerprint density at radius 3 is 3.00 bits per heavy atom. The van der Waals surface area contributed by atoms with Crippen LogP contribution in [-0.4, -0.2) is 14.4 Å². The highest BCUT2D eigenvalue weighted by Gasteiger charge is 2.08. The van der Waals surface area contributed by atoms with Gasteiger partial charge in [0.1, 0.15) is 0 Å². The molecule has 0 spiro atoms. The van der Waals surface area contributed by atoms with Gasteiger partial charge in [-0.2, -0.15) is 0 Å². The molecule has 0 aliphatic carbocycles. The molecule has 0 aliphatic rings. The Bertz CT molecular complexity index is 710. The van der Waals surface area contributed by atoms with Crippen LogP contribution in [0.3, 0.4) is 0 Å². The second-order valence-corrected chi connectivity index (χ2v) is 3.31. The Balaban J connectivity index is 2.72. The van der Waals surface area contributed by atoms with Gasteiger partial charge >= 0.3 is 5.69 Å². The third-order valence-corrected chi connectivity index (χ3v) is 2.37. The van der Waals surface area contributed by atoms with Crippen molar-refractivity contribution in [3.8, 4) is 0 Å². The van der Waals surface area contributed by atoms with Crippen molar-refractivity contribution in [3.63, 3.8) is 0 Å². The number of aromatic nitrogens is 3. The molecule has 3 rings (SSSR count). The second kappa shape index (κ2) is 2.60. The van der Waals surface area contributed by atoms with Gasteiger partial charge in [-0.15, -0.1) is 0 Å². The Hall–Kier alpha value is -2.30. The topological polar surface area (TPSA) is 76.2 Å². The van der Waals surface area contributed by atoms with Crippen LogP contribution in [-0.2, 0) is 0 Å². The van der Waals surface area contributed by atoms with E-state index in [4.69, 9.17) is 5.73 Å². The number of nitrogen functional groups attached to an aromatic ring is 1. The first-order valence-corrected chi connectivity index (χ1v) is 4.52. The van der Waals surface area contributed by atoms with Crippen molar-refractivity contribution in [1.82, 2.24) is 14.4 Å². The van der Waals surface area contributed by atoms with Crippen LogP contribution in [0.4, 0.5) is 5.69 Å². The predicted octanol–water partition coefficient (Wildman–Crippen LogP) is 0.758. The van der Waals surface area contributed by atoms with Crippen LogP contribution in [0.1, 0.15) is 0 Å². The summed E-state index contributed by atoms with van der Waals surface area (Å²) in [6.07, 6.45) is 1.46. The van der Waals surface area contributed by atoms with Gasteiger partial charge in [-0.05, 0) is 12.1 Å². The van der Waals surface area contributed by atoms with Crippen molar-refractivity contribution in [2.24, 2.45) is 0 Å². The van der Waals surface area contributed by atoms with Gasteiger partial charge in [0.05, 0.1) is 16.7 Å². The minimum atomic E-state index is -0.229. The third-order valence-electron chi connectivity index (χ3n) is 2.37. The van der Waals surface area contributed by atoms with Crippen molar-refractivity contribution in [1.29, 1.82) is 0 Å². The molecule has 0 atom stereocenters. The molecule has 0 aliphatic heterocycles. The summed E-state index contributed by atoms with van der Waals surface area (Å²) in [6.45, 7) is 0. The van der Waals surface area contributed by atoms with Crippen molar-refractivity contribution in [2.75, 3.05) is 5.73 Å². The highest BCUT2D eigenvalue weighted by molar-refractivity contribution is 5.83. The van der Waals surface area contributed by atoms with Gasteiger partial charge in [0.2, 0.25) is 0 Å². The fraction of sp³-hybridized carbons (Fsp3) is 0. The molecule has 0 radical (unpaired) electrons. The van der Waals surface area contributed by atoms with Gasteiger partial charge in [0.15, 0.2) is 5.65 Å². The van der Waals surface area contributed by atoms with E-state index in [2.05, 4.69) is 9.97 Å². The molecule has 3 aromatic rings. The lowest BCUT2D eigenvalue weighted by Crippen LogP contribution is -2.16. The molecule has 5 heteroatoms. The number of anilines is 1. The molecule has 3 N–H and O–H groups in total. The highest BCUT2D eigenvalue weighted by Crippen LogP contribution is 2.16. The number of hydrogen-bond donors (Lipinski definition) is 2. The first-order valence-electron chi connectivity index (χ1n) is 4.52. The standard InChI is InChI=1S/C10H8N4O/c11-6-5-12-10(15)14-8-4-2-1-3-7(8)13-9(6)14/h1-5H,11H2,(H,12,15). The van der Waals surface area contributed by atoms with Crippen molar-refractivity contribution in [2.45, 2.75) is 0 Å². The van der Waals surface area contributed by atoms with E-state index >= 15 is 0 Å². The van der Waals surface area contributed by atoms with Crippen molar-refractivity contribution in [3.05, 3.63) is 40.9 Å². The Labute approximate surface area is 84.2 Å². The van der Waals surface area contributed by atoms with Gasteiger partial charge in [-0.1, -0.05) is 12.1 Å². The summed E-state index contributed by atoms with van der Waals surface area (Å²) in [6, 6.07) is 7.42. The lowest BCUT2D eigenvalue weighted by molar-refractivity contribution is 1.03. The zero-order chi connectivity index (χ0) is 10.4. The molecular formula is C10H8N4O. The molecule has 0 amide bonds. The maximum Gasteiger partial charge on any atom is 0.331 e. The molecule has 0 fully saturated rings. The monoisotopic (exact) mass is 200 g/mol. The Morgan fingerprint density at radius 2 is 2.13 bits per heavy atom. The number of aromatic amines is 1. The van der Waals surface area contributed by atoms with Crippen LogP contribution in [0.25, 0.3) is 16.7 Å². The van der Waals surface area contributed by atoms with Crippen LogP contribution >= 0.6 is 0 Å². The Kier molecular flexibility index (Phi) is 1.39. The summed E-state index contributed by atoms with van der Waals surface area (Å²) in [5.74, 6) is 0. The zero-order valence-corrected chi connectivity index (χ0v) is 7.77. The van der Waals surface area contributed by atoms with Crippen LogP contribution in [0.5, 0.6) is 0 Å². The number of fused-ring (bicyclic) bond motifs is 3. The number of rotatable bonds is 0. The fourth-order valence-corrected chi connectivity index (χ4v) is 1.69. The summed E-state index contributed by atoms with van der Waals surface area (Å²) in [5.41, 5.74) is 8.00. The minimum absolute atomic E-state index is 0.229. The molecule has 0 unspecified atom stereocenters. The molecule has 0 bridgehead atoms. The number of benzene rings is 1. The average molecular weight is 200 g/mol. The lowest BCUT2D eigenvalue weighted by Gasteiger charge is -1.95. The number of para-hydroxylation sites is 2. The van der Waals surface area contributed by atoms with E-state index in [1.54, 1.807) is 0 Å². The number of H-pyrrole nitrogens is 1. The molecule has 2 heterocycles. The van der Waals surface area contributed by atoms with E-state index in [1.807, 2.05) is 24.3 Å². The smallest absolute Gasteiger partial charge is 0.331 e. The minimum Gasteiger partial charge on any atom is -0.395 e. The molecule has 15 heavy (non-hydrogen) atoms. The zero-order valence-electron chi connectivity index (χ0n) is 7.77. The fourth-order valence-electron chi connectivity index (χ4n) is 1.69. The van der Waals surface area contributed by atoms with Crippen LogP contribution in [0.2, 0.25) is 0 Å². The van der Waals surface area contributed by atoms with E-state index in [0.717, 1.165) is 11.0 Å². The average Bonchev–Trinajstić information content (AvgIpc) is 2.64. The maximum absolute atomic E-state index is 11.6. The number of hydrogen-bond acceptors (Lipinski definition) is 3. The summed E-state index contributed by atoms with van der Waals surface area (Å²) >= 11 is 0. The summed E-state index contributed by atoms with van der Waals surface area (Å²) in [4.78, 5) is 18.5. The molecular weight excluding hydrogens is 192 g/mol. The van der Waals surface area contributed by atoms with Crippen LogP contribution < -0.4 is 11.4 Å². The summed E-state index contributed by atoms with van der Waals surface area (Å²) < 4.78 is 1.48. The number of nitrogens with two attached hydrogens (primary N) is 1. The Morgan fingerprint density at radius 1 is 1.33 bits per heavy atom. The first-order chi connectivity index (χ1) is 7.27. The van der Waals surface area contributed by atoms with Gasteiger partial charge in [0.25, 0.3) is 0 Å². The maximum atomic E-state index is 11.6. The number of nitrogens with zero attached hydrogens (tertiary/aromatic N) is 2. The first kappa shape index (κ1) is 8.05. The van der Waals surface area contributed by atoms with Crippen molar-refractivity contribution < 1.29 is 0 Å². The van der Waals surface area contributed by atoms with E-state index in [0.29, 0.717) is 11.3 Å². The van der Waals surface area contributed by atoms with E-state index < -0.39 is 0 Å². The number of nitrogens with one attached hydrogen (secondary N) is 1. The third kappa shape index (κ3) is 0.969. The van der Waals surface area contributed by atoms with Crippen LogP contribution in [0.15, 0.2) is 35.3 Å². The van der Waals surface area contributed by atoms with E-state index in [-0.39, 0.29) is 5.69 Å². The predicted molar refractivity (Wildman–Crippen MR) is 57.7 cm³/mol. The van der Waals surface area contributed by atoms with Gasteiger partial charge < -0.3 is 10.7 Å². The summed E-state index contributed by atoms with van der Waals surface area (Å²) in [7, 11) is 0. The van der Waals surface area contributed by atoms with Crippen LogP contribution in [0, 0.1) is 0 Å². The summed E-state index contributed by atoms with van der Waals surface area (Å²) in [5, 5.41) is 0. The quantitative estimate of drug-likeness (QED) is 0.562.